The summed E-state index contributed by atoms with van der Waals surface area (Å²) in [5.74, 6) is -1.56. The summed E-state index contributed by atoms with van der Waals surface area (Å²) in [6, 6.07) is 4.86. The Morgan fingerprint density at radius 3 is 2.33 bits per heavy atom. The highest BCUT2D eigenvalue weighted by atomic mass is 19.4. The van der Waals surface area contributed by atoms with Gasteiger partial charge in [-0.15, -0.1) is 0 Å². The van der Waals surface area contributed by atoms with Gasteiger partial charge in [0.05, 0.1) is 19.8 Å². The zero-order chi connectivity index (χ0) is 22.1. The van der Waals surface area contributed by atoms with Gasteiger partial charge in [0, 0.05) is 5.56 Å². The van der Waals surface area contributed by atoms with E-state index in [2.05, 4.69) is 4.74 Å². The fourth-order valence-corrected chi connectivity index (χ4v) is 2.77. The molecule has 1 atom stereocenters. The molecule has 2 heterocycles. The Labute approximate surface area is 165 Å². The Bertz CT molecular complexity index is 982. The van der Waals surface area contributed by atoms with E-state index in [1.165, 1.54) is 0 Å². The van der Waals surface area contributed by atoms with Crippen molar-refractivity contribution in [1.82, 2.24) is 4.98 Å². The second-order valence-electron chi connectivity index (χ2n) is 6.29. The van der Waals surface area contributed by atoms with Crippen LogP contribution in [0.4, 0.5) is 22.0 Å². The first-order valence-corrected chi connectivity index (χ1v) is 8.50. The topological polar surface area (TPSA) is 104 Å². The van der Waals surface area contributed by atoms with E-state index >= 15 is 0 Å². The first kappa shape index (κ1) is 21.7. The number of benzene rings is 1. The number of alkyl halides is 5. The fourth-order valence-electron chi connectivity index (χ4n) is 2.77. The van der Waals surface area contributed by atoms with Gasteiger partial charge >= 0.3 is 12.3 Å². The van der Waals surface area contributed by atoms with Crippen molar-refractivity contribution in [3.8, 4) is 16.9 Å². The van der Waals surface area contributed by atoms with Crippen molar-refractivity contribution in [2.24, 2.45) is 5.73 Å². The number of rotatable bonds is 5. The van der Waals surface area contributed by atoms with E-state index in [4.69, 9.17) is 15.2 Å². The second-order valence-corrected chi connectivity index (χ2v) is 6.29. The number of H-pyrrole nitrogens is 1. The van der Waals surface area contributed by atoms with Crippen LogP contribution in [0.25, 0.3) is 11.1 Å². The molecule has 1 amide bonds. The SMILES string of the molecule is NC(=O)c1cc(-c2ccc(OC(F)(F)C3COCCO3)cc2)c(C(F)(F)F)[nH]c1=O. The normalized spacial score (nSPS) is 17.6. The van der Waals surface area contributed by atoms with Crippen LogP contribution in [0.3, 0.4) is 0 Å². The number of hydrogen-bond acceptors (Lipinski definition) is 5. The number of carbonyl (C=O) groups excluding carboxylic acids is 1. The molecule has 1 aromatic heterocycles. The molecule has 1 aliphatic rings. The molecular formula is C18H15F5N2O5. The van der Waals surface area contributed by atoms with E-state index in [1.807, 2.05) is 0 Å². The van der Waals surface area contributed by atoms with Gasteiger partial charge in [-0.1, -0.05) is 12.1 Å². The van der Waals surface area contributed by atoms with E-state index in [1.54, 1.807) is 4.98 Å². The predicted molar refractivity (Wildman–Crippen MR) is 92.2 cm³/mol. The number of aromatic amines is 1. The quantitative estimate of drug-likeness (QED) is 0.704. The molecule has 0 spiro atoms. The van der Waals surface area contributed by atoms with Crippen LogP contribution in [0.5, 0.6) is 5.75 Å². The van der Waals surface area contributed by atoms with Crippen molar-refractivity contribution >= 4 is 5.91 Å². The first-order chi connectivity index (χ1) is 14.0. The van der Waals surface area contributed by atoms with Gasteiger partial charge in [-0.05, 0) is 23.8 Å². The third-order valence-corrected chi connectivity index (χ3v) is 4.20. The predicted octanol–water partition coefficient (Wildman–Crippen LogP) is 2.55. The van der Waals surface area contributed by atoms with Crippen molar-refractivity contribution in [2.45, 2.75) is 18.4 Å². The van der Waals surface area contributed by atoms with Crippen LogP contribution in [0.1, 0.15) is 16.1 Å². The minimum atomic E-state index is -4.95. The number of halogens is 5. The van der Waals surface area contributed by atoms with Crippen LogP contribution in [-0.4, -0.2) is 42.9 Å². The minimum absolute atomic E-state index is 0.0306. The summed E-state index contributed by atoms with van der Waals surface area (Å²) < 4.78 is 82.7. The van der Waals surface area contributed by atoms with Crippen molar-refractivity contribution in [2.75, 3.05) is 19.8 Å². The second kappa shape index (κ2) is 8.03. The molecule has 0 bridgehead atoms. The molecule has 0 radical (unpaired) electrons. The number of ether oxygens (including phenoxy) is 3. The lowest BCUT2D eigenvalue weighted by molar-refractivity contribution is -0.279. The molecule has 0 aliphatic carbocycles. The largest absolute Gasteiger partial charge is 0.431 e. The zero-order valence-corrected chi connectivity index (χ0v) is 15.1. The first-order valence-electron chi connectivity index (χ1n) is 8.50. The number of hydrogen-bond donors (Lipinski definition) is 2. The number of nitrogens with two attached hydrogens (primary N) is 1. The molecule has 3 N–H and O–H groups in total. The molecule has 1 aliphatic heterocycles. The number of carbonyl (C=O) groups is 1. The fraction of sp³-hybridized carbons (Fsp3) is 0.333. The highest BCUT2D eigenvalue weighted by molar-refractivity contribution is 5.94. The lowest BCUT2D eigenvalue weighted by atomic mass is 10.0. The van der Waals surface area contributed by atoms with Crippen LogP contribution >= 0.6 is 0 Å². The summed E-state index contributed by atoms with van der Waals surface area (Å²) in [4.78, 5) is 24.6. The number of pyridine rings is 1. The van der Waals surface area contributed by atoms with E-state index in [-0.39, 0.29) is 31.1 Å². The number of nitrogens with one attached hydrogen (secondary N) is 1. The average Bonchev–Trinajstić information content (AvgIpc) is 2.68. The average molecular weight is 434 g/mol. The molecule has 30 heavy (non-hydrogen) atoms. The standard InChI is InChI=1S/C18H15F5N2O5/c19-17(20,21)14-11(7-12(15(24)26)16(27)25-14)9-1-3-10(4-2-9)30-18(22,23)13-8-28-5-6-29-13/h1-4,7,13H,5-6,8H2,(H2,24,26)(H,25,27). The summed E-state index contributed by atoms with van der Waals surface area (Å²) in [5.41, 5.74) is 0.953. The van der Waals surface area contributed by atoms with Gasteiger partial charge in [0.1, 0.15) is 17.0 Å². The summed E-state index contributed by atoms with van der Waals surface area (Å²) >= 11 is 0. The van der Waals surface area contributed by atoms with Crippen LogP contribution in [0.2, 0.25) is 0 Å². The van der Waals surface area contributed by atoms with Crippen LogP contribution in [-0.2, 0) is 15.7 Å². The summed E-state index contributed by atoms with van der Waals surface area (Å²) in [5, 5.41) is 0. The Morgan fingerprint density at radius 1 is 1.13 bits per heavy atom. The summed E-state index contributed by atoms with van der Waals surface area (Å²) in [6.07, 6.45) is -10.3. The van der Waals surface area contributed by atoms with Gasteiger partial charge in [0.25, 0.3) is 11.5 Å². The molecule has 2 aromatic rings. The molecule has 1 saturated heterocycles. The third kappa shape index (κ3) is 4.60. The maximum Gasteiger partial charge on any atom is 0.431 e. The lowest BCUT2D eigenvalue weighted by Crippen LogP contribution is -2.47. The molecule has 7 nitrogen and oxygen atoms in total. The zero-order valence-electron chi connectivity index (χ0n) is 15.1. The van der Waals surface area contributed by atoms with Gasteiger partial charge in [0.15, 0.2) is 6.10 Å². The van der Waals surface area contributed by atoms with Crippen molar-refractivity contribution in [3.05, 3.63) is 51.9 Å². The van der Waals surface area contributed by atoms with Gasteiger partial charge in [0.2, 0.25) is 0 Å². The number of aromatic nitrogens is 1. The van der Waals surface area contributed by atoms with Crippen molar-refractivity contribution in [3.63, 3.8) is 0 Å². The van der Waals surface area contributed by atoms with Crippen LogP contribution < -0.4 is 16.0 Å². The lowest BCUT2D eigenvalue weighted by Gasteiger charge is -2.29. The Hall–Kier alpha value is -2.99. The molecule has 3 rings (SSSR count). The molecule has 1 unspecified atom stereocenters. The van der Waals surface area contributed by atoms with Gasteiger partial charge in [-0.3, -0.25) is 9.59 Å². The minimum Gasteiger partial charge on any atom is -0.431 e. The maximum atomic E-state index is 14.2. The Kier molecular flexibility index (Phi) is 5.81. The molecule has 1 fully saturated rings. The van der Waals surface area contributed by atoms with Gasteiger partial charge < -0.3 is 24.9 Å². The summed E-state index contributed by atoms with van der Waals surface area (Å²) in [6.45, 7) is -0.236. The molecule has 162 valence electrons. The highest BCUT2D eigenvalue weighted by Crippen LogP contribution is 2.36. The molecular weight excluding hydrogens is 419 g/mol. The van der Waals surface area contributed by atoms with E-state index in [9.17, 15) is 31.5 Å². The molecule has 12 heteroatoms. The highest BCUT2D eigenvalue weighted by Gasteiger charge is 2.45. The summed E-state index contributed by atoms with van der Waals surface area (Å²) in [7, 11) is 0. The van der Waals surface area contributed by atoms with Crippen LogP contribution in [0.15, 0.2) is 35.1 Å². The van der Waals surface area contributed by atoms with E-state index in [0.717, 1.165) is 24.3 Å². The Balaban J connectivity index is 1.93. The maximum absolute atomic E-state index is 14.2. The third-order valence-electron chi connectivity index (χ3n) is 4.20. The van der Waals surface area contributed by atoms with E-state index in [0.29, 0.717) is 6.07 Å². The Morgan fingerprint density at radius 2 is 1.80 bits per heavy atom. The molecule has 1 aromatic carbocycles. The number of primary amides is 1. The van der Waals surface area contributed by atoms with E-state index < -0.39 is 46.7 Å². The molecule has 0 saturated carbocycles. The monoisotopic (exact) mass is 434 g/mol. The van der Waals surface area contributed by atoms with Crippen molar-refractivity contribution < 1.29 is 41.0 Å². The van der Waals surface area contributed by atoms with Crippen molar-refractivity contribution in [1.29, 1.82) is 0 Å². The smallest absolute Gasteiger partial charge is 0.431 e. The van der Waals surface area contributed by atoms with Gasteiger partial charge in [-0.2, -0.15) is 22.0 Å². The van der Waals surface area contributed by atoms with Crippen LogP contribution in [0, 0.1) is 0 Å². The number of amides is 1. The van der Waals surface area contributed by atoms with Gasteiger partial charge in [-0.25, -0.2) is 0 Å².